The molecule has 118 valence electrons. The molecular formula is C16H33N3O. The Kier molecular flexibility index (Phi) is 6.02. The van der Waals surface area contributed by atoms with Crippen molar-refractivity contribution in [3.05, 3.63) is 0 Å². The van der Waals surface area contributed by atoms with E-state index in [0.29, 0.717) is 12.0 Å². The maximum Gasteiger partial charge on any atom is 0.243 e. The summed E-state index contributed by atoms with van der Waals surface area (Å²) in [6, 6.07) is 0.565. The number of amides is 1. The summed E-state index contributed by atoms with van der Waals surface area (Å²) < 4.78 is 0. The number of hydrogen-bond donors (Lipinski definition) is 1. The molecule has 3 atom stereocenters. The molecule has 1 fully saturated rings. The van der Waals surface area contributed by atoms with Crippen LogP contribution in [-0.4, -0.2) is 53.6 Å². The van der Waals surface area contributed by atoms with Crippen LogP contribution in [0.25, 0.3) is 0 Å². The fourth-order valence-corrected chi connectivity index (χ4v) is 2.73. The Morgan fingerprint density at radius 2 is 1.95 bits per heavy atom. The minimum atomic E-state index is -0.385. The van der Waals surface area contributed by atoms with Crippen LogP contribution in [0, 0.1) is 5.92 Å². The number of likely N-dealkylation sites (N-methyl/N-ethyl adjacent to an activating group) is 1. The SMILES string of the molecule is CCC(C)N(C)CCN1C(=O)C(C)(CC)NC1C(C)C. The molecule has 0 radical (unpaired) electrons. The van der Waals surface area contributed by atoms with Gasteiger partial charge in [0.2, 0.25) is 5.91 Å². The Balaban J connectivity index is 2.73. The molecule has 20 heavy (non-hydrogen) atoms. The highest BCUT2D eigenvalue weighted by molar-refractivity contribution is 5.88. The van der Waals surface area contributed by atoms with E-state index < -0.39 is 0 Å². The first-order valence-electron chi connectivity index (χ1n) is 8.05. The average molecular weight is 283 g/mol. The molecule has 0 aliphatic carbocycles. The third-order valence-corrected chi connectivity index (χ3v) is 4.91. The quantitative estimate of drug-likeness (QED) is 0.779. The minimum Gasteiger partial charge on any atom is -0.324 e. The normalized spacial score (nSPS) is 28.8. The Labute approximate surface area is 124 Å². The van der Waals surface area contributed by atoms with Gasteiger partial charge in [-0.2, -0.15) is 0 Å². The molecule has 1 saturated heterocycles. The first-order valence-corrected chi connectivity index (χ1v) is 8.05. The average Bonchev–Trinajstić information content (AvgIpc) is 2.68. The molecule has 0 aromatic carbocycles. The Bertz CT molecular complexity index is 332. The van der Waals surface area contributed by atoms with E-state index in [-0.39, 0.29) is 17.6 Å². The molecule has 1 heterocycles. The highest BCUT2D eigenvalue weighted by atomic mass is 16.2. The van der Waals surface area contributed by atoms with E-state index in [1.54, 1.807) is 0 Å². The molecule has 0 aromatic heterocycles. The topological polar surface area (TPSA) is 35.6 Å². The first kappa shape index (κ1) is 17.4. The van der Waals surface area contributed by atoms with Crippen LogP contribution in [0.4, 0.5) is 0 Å². The van der Waals surface area contributed by atoms with Crippen LogP contribution in [0.3, 0.4) is 0 Å². The van der Waals surface area contributed by atoms with Crippen LogP contribution in [-0.2, 0) is 4.79 Å². The molecule has 1 aliphatic rings. The fraction of sp³-hybridized carbons (Fsp3) is 0.938. The van der Waals surface area contributed by atoms with Crippen molar-refractivity contribution in [1.29, 1.82) is 0 Å². The van der Waals surface area contributed by atoms with Crippen LogP contribution in [0.1, 0.15) is 54.4 Å². The zero-order valence-electron chi connectivity index (χ0n) is 14.4. The number of nitrogens with one attached hydrogen (secondary N) is 1. The Hall–Kier alpha value is -0.610. The van der Waals surface area contributed by atoms with Crippen LogP contribution < -0.4 is 5.32 Å². The maximum absolute atomic E-state index is 12.7. The van der Waals surface area contributed by atoms with Crippen molar-refractivity contribution >= 4 is 5.91 Å². The second-order valence-electron chi connectivity index (χ2n) is 6.76. The van der Waals surface area contributed by atoms with Gasteiger partial charge in [-0.1, -0.05) is 27.7 Å². The van der Waals surface area contributed by atoms with E-state index in [2.05, 4.69) is 51.9 Å². The summed E-state index contributed by atoms with van der Waals surface area (Å²) in [6.07, 6.45) is 2.15. The van der Waals surface area contributed by atoms with Gasteiger partial charge >= 0.3 is 0 Å². The smallest absolute Gasteiger partial charge is 0.243 e. The molecule has 4 heteroatoms. The molecule has 0 aromatic rings. The van der Waals surface area contributed by atoms with Gasteiger partial charge in [0, 0.05) is 19.1 Å². The minimum absolute atomic E-state index is 0.165. The third-order valence-electron chi connectivity index (χ3n) is 4.91. The van der Waals surface area contributed by atoms with Crippen molar-refractivity contribution in [2.24, 2.45) is 5.92 Å². The van der Waals surface area contributed by atoms with Gasteiger partial charge < -0.3 is 9.80 Å². The Morgan fingerprint density at radius 1 is 1.35 bits per heavy atom. The zero-order chi connectivity index (χ0) is 15.5. The summed E-state index contributed by atoms with van der Waals surface area (Å²) in [6.45, 7) is 14.7. The van der Waals surface area contributed by atoms with Crippen molar-refractivity contribution in [1.82, 2.24) is 15.1 Å². The number of hydrogen-bond acceptors (Lipinski definition) is 3. The van der Waals surface area contributed by atoms with Crippen LogP contribution in [0.2, 0.25) is 0 Å². The molecule has 0 bridgehead atoms. The summed E-state index contributed by atoms with van der Waals surface area (Å²) in [5.41, 5.74) is -0.385. The predicted molar refractivity (Wildman–Crippen MR) is 84.6 cm³/mol. The van der Waals surface area contributed by atoms with Gasteiger partial charge in [0.25, 0.3) is 0 Å². The molecule has 1 N–H and O–H groups in total. The maximum atomic E-state index is 12.7. The highest BCUT2D eigenvalue weighted by Crippen LogP contribution is 2.26. The monoisotopic (exact) mass is 283 g/mol. The lowest BCUT2D eigenvalue weighted by atomic mass is 9.99. The van der Waals surface area contributed by atoms with Gasteiger partial charge in [0.15, 0.2) is 0 Å². The summed E-state index contributed by atoms with van der Waals surface area (Å²) in [4.78, 5) is 17.1. The van der Waals surface area contributed by atoms with Gasteiger partial charge in [-0.25, -0.2) is 0 Å². The fourth-order valence-electron chi connectivity index (χ4n) is 2.73. The largest absolute Gasteiger partial charge is 0.324 e. The second kappa shape index (κ2) is 6.90. The number of carbonyl (C=O) groups excluding carboxylic acids is 1. The van der Waals surface area contributed by atoms with Crippen LogP contribution in [0.15, 0.2) is 0 Å². The van der Waals surface area contributed by atoms with E-state index in [1.165, 1.54) is 0 Å². The Morgan fingerprint density at radius 3 is 2.40 bits per heavy atom. The van der Waals surface area contributed by atoms with Gasteiger partial charge in [-0.05, 0) is 39.7 Å². The van der Waals surface area contributed by atoms with E-state index in [1.807, 2.05) is 11.8 Å². The van der Waals surface area contributed by atoms with Crippen molar-refractivity contribution < 1.29 is 4.79 Å². The lowest BCUT2D eigenvalue weighted by Gasteiger charge is -2.31. The van der Waals surface area contributed by atoms with Gasteiger partial charge in [-0.15, -0.1) is 0 Å². The van der Waals surface area contributed by atoms with E-state index in [0.717, 1.165) is 25.9 Å². The predicted octanol–water partition coefficient (Wildman–Crippen LogP) is 2.30. The summed E-state index contributed by atoms with van der Waals surface area (Å²) in [7, 11) is 2.14. The van der Waals surface area contributed by atoms with E-state index in [9.17, 15) is 4.79 Å². The standard InChI is InChI=1S/C16H33N3O/c1-8-13(5)18(7)10-11-19-14(12(3)4)17-16(6,9-2)15(19)20/h12-14,17H,8-11H2,1-7H3. The lowest BCUT2D eigenvalue weighted by molar-refractivity contribution is -0.133. The highest BCUT2D eigenvalue weighted by Gasteiger charge is 2.47. The molecule has 0 saturated carbocycles. The molecule has 4 nitrogen and oxygen atoms in total. The summed E-state index contributed by atoms with van der Waals surface area (Å²) in [5.74, 6) is 0.692. The second-order valence-corrected chi connectivity index (χ2v) is 6.76. The summed E-state index contributed by atoms with van der Waals surface area (Å²) >= 11 is 0. The van der Waals surface area contributed by atoms with Crippen molar-refractivity contribution in [3.8, 4) is 0 Å². The zero-order valence-corrected chi connectivity index (χ0v) is 14.4. The van der Waals surface area contributed by atoms with E-state index >= 15 is 0 Å². The number of nitrogens with zero attached hydrogens (tertiary/aromatic N) is 2. The molecule has 1 rings (SSSR count). The van der Waals surface area contributed by atoms with Gasteiger partial charge in [0.05, 0.1) is 11.7 Å². The number of carbonyl (C=O) groups is 1. The lowest BCUT2D eigenvalue weighted by Crippen LogP contribution is -2.45. The molecular weight excluding hydrogens is 250 g/mol. The van der Waals surface area contributed by atoms with Crippen LogP contribution in [0.5, 0.6) is 0 Å². The molecule has 0 spiro atoms. The van der Waals surface area contributed by atoms with Gasteiger partial charge in [0.1, 0.15) is 0 Å². The first-order chi connectivity index (χ1) is 9.26. The van der Waals surface area contributed by atoms with Gasteiger partial charge in [-0.3, -0.25) is 10.1 Å². The molecule has 1 amide bonds. The molecule has 1 aliphatic heterocycles. The number of rotatable bonds is 7. The van der Waals surface area contributed by atoms with Crippen molar-refractivity contribution in [2.45, 2.75) is 72.1 Å². The third kappa shape index (κ3) is 3.53. The molecule has 3 unspecified atom stereocenters. The van der Waals surface area contributed by atoms with Crippen molar-refractivity contribution in [2.75, 3.05) is 20.1 Å². The van der Waals surface area contributed by atoms with E-state index in [4.69, 9.17) is 0 Å². The van der Waals surface area contributed by atoms with Crippen LogP contribution >= 0.6 is 0 Å². The van der Waals surface area contributed by atoms with Crippen molar-refractivity contribution in [3.63, 3.8) is 0 Å². The summed E-state index contributed by atoms with van der Waals surface area (Å²) in [5, 5.41) is 3.54.